The molecule has 0 fully saturated rings. The van der Waals surface area contributed by atoms with Gasteiger partial charge in [-0.05, 0) is 53.3 Å². The Bertz CT molecular complexity index is 857. The number of nitrogens with one attached hydrogen (secondary N) is 1. The third-order valence-corrected chi connectivity index (χ3v) is 6.21. The molecule has 2 aromatic heterocycles. The Kier molecular flexibility index (Phi) is 5.11. The lowest BCUT2D eigenvalue weighted by Crippen LogP contribution is -1.95. The molecular formula is C16H13BrN2OS3. The van der Waals surface area contributed by atoms with Crippen molar-refractivity contribution in [2.45, 2.75) is 6.92 Å². The van der Waals surface area contributed by atoms with Gasteiger partial charge in [0.2, 0.25) is 5.05 Å². The van der Waals surface area contributed by atoms with Gasteiger partial charge in [-0.3, -0.25) is 0 Å². The fraction of sp³-hybridized carbons (Fsp3) is 0.125. The number of aromatic nitrogens is 1. The van der Waals surface area contributed by atoms with E-state index in [2.05, 4.69) is 33.2 Å². The summed E-state index contributed by atoms with van der Waals surface area (Å²) in [6.45, 7) is 2.07. The van der Waals surface area contributed by atoms with Gasteiger partial charge in [-0.15, -0.1) is 22.7 Å². The third kappa shape index (κ3) is 3.63. The Morgan fingerprint density at radius 2 is 2.13 bits per heavy atom. The first-order chi connectivity index (χ1) is 11.1. The summed E-state index contributed by atoms with van der Waals surface area (Å²) in [5, 5.41) is 6.76. The second-order valence-electron chi connectivity index (χ2n) is 4.71. The van der Waals surface area contributed by atoms with Gasteiger partial charge in [0.05, 0.1) is 23.4 Å². The van der Waals surface area contributed by atoms with E-state index in [0.717, 1.165) is 31.4 Å². The minimum Gasteiger partial charge on any atom is -0.486 e. The summed E-state index contributed by atoms with van der Waals surface area (Å²) < 4.78 is 6.15. The van der Waals surface area contributed by atoms with Crippen molar-refractivity contribution < 1.29 is 4.74 Å². The number of ether oxygens (including phenoxy) is 1. The fourth-order valence-electron chi connectivity index (χ4n) is 2.07. The number of para-hydroxylation sites is 1. The number of thiazole rings is 1. The number of hydrogen-bond acceptors (Lipinski definition) is 6. The SMILES string of the molecule is COC(=S)c1cc(-c2csc(Nc3ccccc3Br)n2)c(C)s1. The Labute approximate surface area is 156 Å². The average molecular weight is 425 g/mol. The molecule has 7 heteroatoms. The molecule has 118 valence electrons. The number of aryl methyl sites for hydroxylation is 1. The van der Waals surface area contributed by atoms with Crippen LogP contribution >= 0.6 is 50.8 Å². The number of anilines is 2. The van der Waals surface area contributed by atoms with Crippen LogP contribution in [0.1, 0.15) is 9.75 Å². The summed E-state index contributed by atoms with van der Waals surface area (Å²) in [4.78, 5) is 6.82. The summed E-state index contributed by atoms with van der Waals surface area (Å²) >= 11 is 11.9. The predicted octanol–water partition coefficient (Wildman–Crippen LogP) is 6.01. The summed E-state index contributed by atoms with van der Waals surface area (Å²) in [5.41, 5.74) is 3.04. The molecule has 23 heavy (non-hydrogen) atoms. The molecule has 0 amide bonds. The van der Waals surface area contributed by atoms with Crippen molar-refractivity contribution >= 4 is 66.7 Å². The summed E-state index contributed by atoms with van der Waals surface area (Å²) in [6, 6.07) is 10.0. The molecule has 0 radical (unpaired) electrons. The number of methoxy groups -OCH3 is 1. The molecule has 0 atom stereocenters. The second kappa shape index (κ2) is 7.09. The van der Waals surface area contributed by atoms with Gasteiger partial charge in [-0.2, -0.15) is 0 Å². The van der Waals surface area contributed by atoms with E-state index in [0.29, 0.717) is 5.05 Å². The van der Waals surface area contributed by atoms with E-state index in [4.69, 9.17) is 17.0 Å². The molecule has 0 unspecified atom stereocenters. The van der Waals surface area contributed by atoms with Crippen molar-refractivity contribution in [2.75, 3.05) is 12.4 Å². The van der Waals surface area contributed by atoms with Gasteiger partial charge in [-0.25, -0.2) is 4.98 Å². The number of halogens is 1. The maximum absolute atomic E-state index is 5.20. The van der Waals surface area contributed by atoms with E-state index >= 15 is 0 Å². The molecule has 0 bridgehead atoms. The van der Waals surface area contributed by atoms with Crippen LogP contribution in [0.4, 0.5) is 10.8 Å². The van der Waals surface area contributed by atoms with Gasteiger partial charge in [0, 0.05) is 20.3 Å². The van der Waals surface area contributed by atoms with Crippen LogP contribution < -0.4 is 5.32 Å². The lowest BCUT2D eigenvalue weighted by atomic mass is 10.2. The topological polar surface area (TPSA) is 34.1 Å². The van der Waals surface area contributed by atoms with Gasteiger partial charge in [0.25, 0.3) is 0 Å². The van der Waals surface area contributed by atoms with Crippen LogP contribution in [0.25, 0.3) is 11.3 Å². The van der Waals surface area contributed by atoms with Crippen LogP contribution in [-0.2, 0) is 4.74 Å². The lowest BCUT2D eigenvalue weighted by molar-refractivity contribution is 0.417. The van der Waals surface area contributed by atoms with Gasteiger partial charge >= 0.3 is 0 Å². The van der Waals surface area contributed by atoms with Crippen LogP contribution in [-0.4, -0.2) is 17.1 Å². The Balaban J connectivity index is 1.86. The quantitative estimate of drug-likeness (QED) is 0.520. The molecule has 0 saturated heterocycles. The molecule has 3 nitrogen and oxygen atoms in total. The summed E-state index contributed by atoms with van der Waals surface area (Å²) in [7, 11) is 1.60. The van der Waals surface area contributed by atoms with E-state index in [1.807, 2.05) is 35.7 Å². The molecular weight excluding hydrogens is 412 g/mol. The molecule has 0 aliphatic heterocycles. The third-order valence-electron chi connectivity index (χ3n) is 3.20. The molecule has 3 rings (SSSR count). The van der Waals surface area contributed by atoms with Gasteiger partial charge in [0.15, 0.2) is 5.13 Å². The maximum Gasteiger partial charge on any atom is 0.201 e. The monoisotopic (exact) mass is 424 g/mol. The molecule has 1 N–H and O–H groups in total. The lowest BCUT2D eigenvalue weighted by Gasteiger charge is -2.04. The first kappa shape index (κ1) is 16.6. The average Bonchev–Trinajstić information content (AvgIpc) is 3.15. The molecule has 0 spiro atoms. The van der Waals surface area contributed by atoms with E-state index in [9.17, 15) is 0 Å². The van der Waals surface area contributed by atoms with Crippen molar-refractivity contribution in [1.82, 2.24) is 4.98 Å². The van der Waals surface area contributed by atoms with Crippen LogP contribution in [0.2, 0.25) is 0 Å². The molecule has 0 saturated carbocycles. The summed E-state index contributed by atoms with van der Waals surface area (Å²) in [6.07, 6.45) is 0. The number of benzene rings is 1. The smallest absolute Gasteiger partial charge is 0.201 e. The fourth-order valence-corrected chi connectivity index (χ4v) is 4.31. The highest BCUT2D eigenvalue weighted by molar-refractivity contribution is 9.10. The van der Waals surface area contributed by atoms with E-state index in [1.165, 1.54) is 4.88 Å². The number of rotatable bonds is 4. The molecule has 0 aliphatic rings. The van der Waals surface area contributed by atoms with Gasteiger partial charge in [-0.1, -0.05) is 12.1 Å². The van der Waals surface area contributed by atoms with Crippen molar-refractivity contribution in [1.29, 1.82) is 0 Å². The largest absolute Gasteiger partial charge is 0.486 e. The van der Waals surface area contributed by atoms with Crippen molar-refractivity contribution in [3.8, 4) is 11.3 Å². The number of thiocarbonyl (C=S) groups is 1. The zero-order chi connectivity index (χ0) is 16.4. The van der Waals surface area contributed by atoms with Gasteiger partial charge in [0.1, 0.15) is 0 Å². The summed E-state index contributed by atoms with van der Waals surface area (Å²) in [5.74, 6) is 0. The van der Waals surface area contributed by atoms with E-state index in [1.54, 1.807) is 29.8 Å². The van der Waals surface area contributed by atoms with Crippen LogP contribution in [0, 0.1) is 6.92 Å². The first-order valence-electron chi connectivity index (χ1n) is 6.74. The Morgan fingerprint density at radius 3 is 2.87 bits per heavy atom. The van der Waals surface area contributed by atoms with E-state index < -0.39 is 0 Å². The first-order valence-corrected chi connectivity index (χ1v) is 9.64. The highest BCUT2D eigenvalue weighted by Gasteiger charge is 2.14. The molecule has 0 aliphatic carbocycles. The standard InChI is InChI=1S/C16H13BrN2OS3/c1-9-10(7-14(23-9)15(21)20-2)13-8-22-16(19-13)18-12-6-4-3-5-11(12)17/h3-8H,1-2H3,(H,18,19). The van der Waals surface area contributed by atoms with Crippen LogP contribution in [0.5, 0.6) is 0 Å². The number of hydrogen-bond donors (Lipinski definition) is 1. The minimum absolute atomic E-state index is 0.520. The van der Waals surface area contributed by atoms with Crippen molar-refractivity contribution in [3.63, 3.8) is 0 Å². The van der Waals surface area contributed by atoms with E-state index in [-0.39, 0.29) is 0 Å². The normalized spacial score (nSPS) is 10.6. The maximum atomic E-state index is 5.20. The number of nitrogens with zero attached hydrogens (tertiary/aromatic N) is 1. The van der Waals surface area contributed by atoms with Crippen LogP contribution in [0.3, 0.4) is 0 Å². The Hall–Kier alpha value is -1.28. The predicted molar refractivity (Wildman–Crippen MR) is 106 cm³/mol. The molecule has 1 aromatic carbocycles. The van der Waals surface area contributed by atoms with Crippen molar-refractivity contribution in [3.05, 3.63) is 49.9 Å². The molecule has 2 heterocycles. The molecule has 3 aromatic rings. The van der Waals surface area contributed by atoms with Gasteiger partial charge < -0.3 is 10.1 Å². The Morgan fingerprint density at radius 1 is 1.35 bits per heavy atom. The second-order valence-corrected chi connectivity index (χ2v) is 8.05. The van der Waals surface area contributed by atoms with Crippen molar-refractivity contribution in [2.24, 2.45) is 0 Å². The minimum atomic E-state index is 0.520. The number of thiophene rings is 1. The zero-order valence-corrected chi connectivity index (χ0v) is 16.5. The zero-order valence-electron chi connectivity index (χ0n) is 12.4. The van der Waals surface area contributed by atoms with Crippen LogP contribution in [0.15, 0.2) is 40.2 Å². The highest BCUT2D eigenvalue weighted by Crippen LogP contribution is 2.35. The highest BCUT2D eigenvalue weighted by atomic mass is 79.9.